The molecule has 0 atom stereocenters. The molecule has 0 amide bonds. The number of nitrogens with one attached hydrogen (secondary N) is 1. The van der Waals surface area contributed by atoms with Gasteiger partial charge in [-0.1, -0.05) is 19.1 Å². The highest BCUT2D eigenvalue weighted by molar-refractivity contribution is 7.71. The van der Waals surface area contributed by atoms with E-state index < -0.39 is 0 Å². The van der Waals surface area contributed by atoms with Crippen molar-refractivity contribution in [3.05, 3.63) is 21.7 Å². The van der Waals surface area contributed by atoms with Crippen LogP contribution in [0.3, 0.4) is 0 Å². The van der Waals surface area contributed by atoms with Crippen molar-refractivity contribution in [2.45, 2.75) is 33.6 Å². The number of ether oxygens (including phenoxy) is 1. The van der Waals surface area contributed by atoms with E-state index in [0.29, 0.717) is 11.2 Å². The molecule has 1 aromatic rings. The topological polar surface area (TPSA) is 37.9 Å². The molecule has 0 aliphatic carbocycles. The van der Waals surface area contributed by atoms with E-state index in [1.54, 1.807) is 0 Å². The van der Waals surface area contributed by atoms with Crippen LogP contribution in [0.5, 0.6) is 0 Å². The number of nitrogens with zero attached hydrogens (tertiary/aromatic N) is 1. The van der Waals surface area contributed by atoms with E-state index in [1.807, 2.05) is 13.8 Å². The largest absolute Gasteiger partial charge is 0.381 e. The highest BCUT2D eigenvalue weighted by Crippen LogP contribution is 2.07. The lowest BCUT2D eigenvalue weighted by Crippen LogP contribution is -2.06. The van der Waals surface area contributed by atoms with E-state index in [9.17, 15) is 0 Å². The Kier molecular flexibility index (Phi) is 4.91. The molecule has 4 heteroatoms. The smallest absolute Gasteiger partial charge is 0.132 e. The number of H-pyrrole nitrogens is 1. The van der Waals surface area contributed by atoms with Gasteiger partial charge in [0.2, 0.25) is 0 Å². The Morgan fingerprint density at radius 1 is 1.40 bits per heavy atom. The van der Waals surface area contributed by atoms with E-state index in [0.717, 1.165) is 30.8 Å². The summed E-state index contributed by atoms with van der Waals surface area (Å²) in [6, 6.07) is 0. The lowest BCUT2D eigenvalue weighted by Gasteiger charge is -2.07. The summed E-state index contributed by atoms with van der Waals surface area (Å²) >= 11 is 5.20. The summed E-state index contributed by atoms with van der Waals surface area (Å²) in [5.41, 5.74) is 2.27. The molecule has 0 aliphatic rings. The maximum absolute atomic E-state index is 5.29. The van der Waals surface area contributed by atoms with Crippen LogP contribution >= 0.6 is 12.2 Å². The molecule has 3 nitrogen and oxygen atoms in total. The summed E-state index contributed by atoms with van der Waals surface area (Å²) in [6.07, 6.45) is 1.75. The van der Waals surface area contributed by atoms with Gasteiger partial charge in [-0.25, -0.2) is 4.98 Å². The Labute approximate surface area is 95.9 Å². The third-order valence-corrected chi connectivity index (χ3v) is 2.74. The SMILES string of the molecule is CCOCCc1nc(=S)c(C)c(CC)[nH]1. The summed E-state index contributed by atoms with van der Waals surface area (Å²) in [6.45, 7) is 7.55. The minimum atomic E-state index is 0.695. The van der Waals surface area contributed by atoms with E-state index in [2.05, 4.69) is 16.9 Å². The van der Waals surface area contributed by atoms with Gasteiger partial charge in [0.25, 0.3) is 0 Å². The molecule has 0 saturated carbocycles. The predicted octanol–water partition coefficient (Wildman–Crippen LogP) is 2.59. The monoisotopic (exact) mass is 226 g/mol. The molecule has 1 N–H and O–H groups in total. The third kappa shape index (κ3) is 3.39. The quantitative estimate of drug-likeness (QED) is 0.619. The molecule has 0 aromatic carbocycles. The van der Waals surface area contributed by atoms with E-state index in [1.165, 1.54) is 5.69 Å². The second-order valence-electron chi connectivity index (χ2n) is 3.39. The minimum Gasteiger partial charge on any atom is -0.381 e. The first-order chi connectivity index (χ1) is 7.19. The zero-order valence-corrected chi connectivity index (χ0v) is 10.4. The van der Waals surface area contributed by atoms with Gasteiger partial charge in [-0.05, 0) is 20.3 Å². The van der Waals surface area contributed by atoms with Gasteiger partial charge in [-0.15, -0.1) is 0 Å². The Hall–Kier alpha value is -0.740. The van der Waals surface area contributed by atoms with Gasteiger partial charge in [0.1, 0.15) is 10.5 Å². The summed E-state index contributed by atoms with van der Waals surface area (Å²) in [5.74, 6) is 0.927. The van der Waals surface area contributed by atoms with Gasteiger partial charge in [0.05, 0.1) is 6.61 Å². The van der Waals surface area contributed by atoms with E-state index in [4.69, 9.17) is 17.0 Å². The fourth-order valence-corrected chi connectivity index (χ4v) is 1.65. The number of rotatable bonds is 5. The first-order valence-electron chi connectivity index (χ1n) is 5.35. The number of aryl methyl sites for hydroxylation is 1. The van der Waals surface area contributed by atoms with Crippen molar-refractivity contribution in [2.24, 2.45) is 0 Å². The van der Waals surface area contributed by atoms with Crippen molar-refractivity contribution in [3.8, 4) is 0 Å². The maximum atomic E-state index is 5.29. The van der Waals surface area contributed by atoms with Crippen LogP contribution in [0.2, 0.25) is 0 Å². The number of hydrogen-bond donors (Lipinski definition) is 1. The van der Waals surface area contributed by atoms with Gasteiger partial charge in [-0.3, -0.25) is 0 Å². The molecule has 1 aromatic heterocycles. The lowest BCUT2D eigenvalue weighted by molar-refractivity contribution is 0.149. The number of aromatic amines is 1. The van der Waals surface area contributed by atoms with Gasteiger partial charge in [0, 0.05) is 24.3 Å². The van der Waals surface area contributed by atoms with Crippen LogP contribution in [0.1, 0.15) is 30.9 Å². The first-order valence-corrected chi connectivity index (χ1v) is 5.76. The van der Waals surface area contributed by atoms with Crippen molar-refractivity contribution in [1.82, 2.24) is 9.97 Å². The Morgan fingerprint density at radius 3 is 2.73 bits per heavy atom. The fraction of sp³-hybridized carbons (Fsp3) is 0.636. The molecule has 84 valence electrons. The van der Waals surface area contributed by atoms with Crippen LogP contribution in [-0.2, 0) is 17.6 Å². The van der Waals surface area contributed by atoms with Crippen LogP contribution < -0.4 is 0 Å². The second-order valence-corrected chi connectivity index (χ2v) is 3.78. The van der Waals surface area contributed by atoms with E-state index in [-0.39, 0.29) is 0 Å². The Bertz CT molecular complexity index is 373. The molecule has 1 rings (SSSR count). The highest BCUT2D eigenvalue weighted by Gasteiger charge is 2.02. The van der Waals surface area contributed by atoms with Crippen LogP contribution in [0.25, 0.3) is 0 Å². The molecule has 1 heterocycles. The summed E-state index contributed by atoms with van der Waals surface area (Å²) < 4.78 is 5.99. The third-order valence-electron chi connectivity index (χ3n) is 2.35. The van der Waals surface area contributed by atoms with Crippen molar-refractivity contribution < 1.29 is 4.74 Å². The molecule has 0 bridgehead atoms. The standard InChI is InChI=1S/C11H18N2OS/c1-4-9-8(3)11(15)13-10(12-9)6-7-14-5-2/h4-7H2,1-3H3,(H,12,13,15). The van der Waals surface area contributed by atoms with Crippen LogP contribution in [0.15, 0.2) is 0 Å². The molecular formula is C11H18N2OS. The van der Waals surface area contributed by atoms with Crippen LogP contribution in [0.4, 0.5) is 0 Å². The second kappa shape index (κ2) is 5.98. The number of aromatic nitrogens is 2. The summed E-state index contributed by atoms with van der Waals surface area (Å²) in [7, 11) is 0. The maximum Gasteiger partial charge on any atom is 0.132 e. The number of hydrogen-bond acceptors (Lipinski definition) is 3. The van der Waals surface area contributed by atoms with E-state index >= 15 is 0 Å². The molecule has 15 heavy (non-hydrogen) atoms. The zero-order valence-electron chi connectivity index (χ0n) is 9.59. The molecule has 0 saturated heterocycles. The molecular weight excluding hydrogens is 208 g/mol. The van der Waals surface area contributed by atoms with Gasteiger partial charge in [0.15, 0.2) is 0 Å². The average molecular weight is 226 g/mol. The predicted molar refractivity (Wildman–Crippen MR) is 63.7 cm³/mol. The Balaban J connectivity index is 2.82. The zero-order chi connectivity index (χ0) is 11.3. The normalized spacial score (nSPS) is 10.6. The van der Waals surface area contributed by atoms with Crippen molar-refractivity contribution in [1.29, 1.82) is 0 Å². The molecule has 0 radical (unpaired) electrons. The lowest BCUT2D eigenvalue weighted by atomic mass is 10.2. The minimum absolute atomic E-state index is 0.695. The van der Waals surface area contributed by atoms with Crippen molar-refractivity contribution in [2.75, 3.05) is 13.2 Å². The van der Waals surface area contributed by atoms with Crippen molar-refractivity contribution in [3.63, 3.8) is 0 Å². The molecule has 0 fully saturated rings. The van der Waals surface area contributed by atoms with Gasteiger partial charge in [-0.2, -0.15) is 0 Å². The summed E-state index contributed by atoms with van der Waals surface area (Å²) in [4.78, 5) is 7.64. The Morgan fingerprint density at radius 2 is 2.13 bits per heavy atom. The van der Waals surface area contributed by atoms with Gasteiger partial charge < -0.3 is 9.72 Å². The average Bonchev–Trinajstić information content (AvgIpc) is 2.23. The van der Waals surface area contributed by atoms with Crippen LogP contribution in [0, 0.1) is 11.6 Å². The van der Waals surface area contributed by atoms with Crippen molar-refractivity contribution >= 4 is 12.2 Å². The molecule has 0 spiro atoms. The summed E-state index contributed by atoms with van der Waals surface area (Å²) in [5, 5.41) is 0. The molecule has 0 aliphatic heterocycles. The molecule has 0 unspecified atom stereocenters. The first kappa shape index (κ1) is 12.3. The van der Waals surface area contributed by atoms with Gasteiger partial charge >= 0.3 is 0 Å². The fourth-order valence-electron chi connectivity index (χ4n) is 1.42. The van der Waals surface area contributed by atoms with Crippen LogP contribution in [-0.4, -0.2) is 23.2 Å². The highest BCUT2D eigenvalue weighted by atomic mass is 32.1.